The number of sulfonamides is 1. The molecule has 0 bridgehead atoms. The van der Waals surface area contributed by atoms with E-state index in [2.05, 4.69) is 10.0 Å². The molecule has 0 atom stereocenters. The summed E-state index contributed by atoms with van der Waals surface area (Å²) in [6.07, 6.45) is 2.69. The summed E-state index contributed by atoms with van der Waals surface area (Å²) in [5, 5.41) is 5.05. The first-order chi connectivity index (χ1) is 13.4. The molecule has 0 aliphatic heterocycles. The van der Waals surface area contributed by atoms with Gasteiger partial charge in [0.05, 0.1) is 23.4 Å². The van der Waals surface area contributed by atoms with Crippen molar-refractivity contribution in [3.8, 4) is 5.75 Å². The molecule has 0 saturated carbocycles. The fourth-order valence-corrected chi connectivity index (χ4v) is 3.93. The van der Waals surface area contributed by atoms with E-state index in [0.29, 0.717) is 6.54 Å². The van der Waals surface area contributed by atoms with E-state index in [9.17, 15) is 8.42 Å². The molecule has 0 radical (unpaired) electrons. The van der Waals surface area contributed by atoms with E-state index in [1.54, 1.807) is 21.0 Å². The van der Waals surface area contributed by atoms with Crippen molar-refractivity contribution in [3.05, 3.63) is 36.4 Å². The summed E-state index contributed by atoms with van der Waals surface area (Å²) in [7, 11) is -1.50. The number of fused-ring (bicyclic) bond motifs is 3. The molecule has 0 amide bonds. The predicted octanol–water partition coefficient (Wildman–Crippen LogP) is 4.50. The van der Waals surface area contributed by atoms with Crippen LogP contribution in [0.3, 0.4) is 0 Å². The Balaban J connectivity index is 1.57. The van der Waals surface area contributed by atoms with Gasteiger partial charge in [0.25, 0.3) is 0 Å². The second-order valence-electron chi connectivity index (χ2n) is 7.09. The standard InChI is InChI=1S/C21H28N2O4S/c1-15(2)28(24,25)23-14-8-4-7-13-22-17-11-12-19-20(21(17)26-3)16-9-5-6-10-18(16)27-19/h5-6,9-12,15,22-23H,4,7-8,13-14H2,1-3H3. The lowest BCUT2D eigenvalue weighted by atomic mass is 10.1. The summed E-state index contributed by atoms with van der Waals surface area (Å²) in [6, 6.07) is 11.9. The number of nitrogens with one attached hydrogen (secondary N) is 2. The average molecular weight is 405 g/mol. The van der Waals surface area contributed by atoms with E-state index >= 15 is 0 Å². The second kappa shape index (κ2) is 8.84. The Kier molecular flexibility index (Phi) is 6.46. The van der Waals surface area contributed by atoms with E-state index in [-0.39, 0.29) is 0 Å². The third kappa shape index (κ3) is 4.42. The van der Waals surface area contributed by atoms with Gasteiger partial charge in [-0.3, -0.25) is 0 Å². The number of furan rings is 1. The Labute approximate surface area is 166 Å². The largest absolute Gasteiger partial charge is 0.494 e. The molecule has 0 saturated heterocycles. The molecule has 0 unspecified atom stereocenters. The maximum absolute atomic E-state index is 11.7. The van der Waals surface area contributed by atoms with Crippen molar-refractivity contribution in [3.63, 3.8) is 0 Å². The third-order valence-electron chi connectivity index (χ3n) is 4.79. The number of para-hydroxylation sites is 1. The van der Waals surface area contributed by atoms with Crippen molar-refractivity contribution in [2.45, 2.75) is 38.4 Å². The fourth-order valence-electron chi connectivity index (χ4n) is 3.17. The number of hydrogen-bond donors (Lipinski definition) is 2. The molecule has 28 heavy (non-hydrogen) atoms. The van der Waals surface area contributed by atoms with Crippen molar-refractivity contribution in [2.75, 3.05) is 25.5 Å². The Morgan fingerprint density at radius 2 is 1.75 bits per heavy atom. The average Bonchev–Trinajstić information content (AvgIpc) is 3.05. The van der Waals surface area contributed by atoms with Gasteiger partial charge in [-0.2, -0.15) is 0 Å². The van der Waals surface area contributed by atoms with Crippen molar-refractivity contribution in [1.29, 1.82) is 0 Å². The summed E-state index contributed by atoms with van der Waals surface area (Å²) in [4.78, 5) is 0. The minimum atomic E-state index is -3.17. The summed E-state index contributed by atoms with van der Waals surface area (Å²) >= 11 is 0. The zero-order valence-corrected chi connectivity index (χ0v) is 17.4. The van der Waals surface area contributed by atoms with Crippen LogP contribution in [0.5, 0.6) is 5.75 Å². The van der Waals surface area contributed by atoms with Gasteiger partial charge in [0, 0.05) is 18.5 Å². The van der Waals surface area contributed by atoms with E-state index < -0.39 is 15.3 Å². The van der Waals surface area contributed by atoms with Gasteiger partial charge in [0.1, 0.15) is 11.2 Å². The summed E-state index contributed by atoms with van der Waals surface area (Å²) in [5.41, 5.74) is 2.58. The van der Waals surface area contributed by atoms with Gasteiger partial charge < -0.3 is 14.5 Å². The van der Waals surface area contributed by atoms with E-state index in [1.807, 2.05) is 36.4 Å². The van der Waals surface area contributed by atoms with E-state index in [0.717, 1.165) is 59.2 Å². The van der Waals surface area contributed by atoms with Crippen LogP contribution in [-0.4, -0.2) is 33.9 Å². The van der Waals surface area contributed by atoms with Crippen LogP contribution in [0.2, 0.25) is 0 Å². The van der Waals surface area contributed by atoms with Crippen molar-refractivity contribution in [2.24, 2.45) is 0 Å². The van der Waals surface area contributed by atoms with Crippen LogP contribution >= 0.6 is 0 Å². The first-order valence-corrected chi connectivity index (χ1v) is 11.2. The molecule has 3 aromatic rings. The highest BCUT2D eigenvalue weighted by molar-refractivity contribution is 7.90. The molecule has 0 fully saturated rings. The highest BCUT2D eigenvalue weighted by atomic mass is 32.2. The summed E-state index contributed by atoms with van der Waals surface area (Å²) in [5.74, 6) is 0.784. The van der Waals surface area contributed by atoms with Crippen LogP contribution in [0.15, 0.2) is 40.8 Å². The summed E-state index contributed by atoms with van der Waals surface area (Å²) in [6.45, 7) is 4.63. The maximum atomic E-state index is 11.7. The lowest BCUT2D eigenvalue weighted by Gasteiger charge is -2.12. The quantitative estimate of drug-likeness (QED) is 0.486. The fraction of sp³-hybridized carbons (Fsp3) is 0.429. The van der Waals surface area contributed by atoms with Gasteiger partial charge in [-0.05, 0) is 44.9 Å². The van der Waals surface area contributed by atoms with Crippen LogP contribution in [0.25, 0.3) is 21.9 Å². The molecule has 2 aromatic carbocycles. The SMILES string of the molecule is COc1c(NCCCCCNS(=O)(=O)C(C)C)ccc2oc3ccccc3c12. The van der Waals surface area contributed by atoms with E-state index in [1.165, 1.54) is 0 Å². The molecule has 2 N–H and O–H groups in total. The highest BCUT2D eigenvalue weighted by Crippen LogP contribution is 2.40. The van der Waals surface area contributed by atoms with Crippen LogP contribution in [0.4, 0.5) is 5.69 Å². The monoisotopic (exact) mass is 404 g/mol. The van der Waals surface area contributed by atoms with Crippen LogP contribution in [-0.2, 0) is 10.0 Å². The van der Waals surface area contributed by atoms with Crippen LogP contribution in [0.1, 0.15) is 33.1 Å². The number of benzene rings is 2. The first-order valence-electron chi connectivity index (χ1n) is 9.64. The van der Waals surface area contributed by atoms with Crippen LogP contribution < -0.4 is 14.8 Å². The van der Waals surface area contributed by atoms with Gasteiger partial charge in [-0.15, -0.1) is 0 Å². The topological polar surface area (TPSA) is 80.6 Å². The van der Waals surface area contributed by atoms with Crippen LogP contribution in [0, 0.1) is 0 Å². The highest BCUT2D eigenvalue weighted by Gasteiger charge is 2.15. The molecule has 7 heteroatoms. The van der Waals surface area contributed by atoms with Gasteiger partial charge >= 0.3 is 0 Å². The Hall–Kier alpha value is -2.25. The van der Waals surface area contributed by atoms with Crippen molar-refractivity contribution < 1.29 is 17.6 Å². The normalized spacial score (nSPS) is 12.1. The lowest BCUT2D eigenvalue weighted by molar-refractivity contribution is 0.421. The molecule has 6 nitrogen and oxygen atoms in total. The third-order valence-corrected chi connectivity index (χ3v) is 6.64. The number of ether oxygens (including phenoxy) is 1. The Morgan fingerprint density at radius 1 is 1.00 bits per heavy atom. The molecular formula is C21H28N2O4S. The molecule has 0 aliphatic carbocycles. The first kappa shape index (κ1) is 20.5. The molecule has 0 aliphatic rings. The smallest absolute Gasteiger partial charge is 0.213 e. The summed E-state index contributed by atoms with van der Waals surface area (Å²) < 4.78 is 37.6. The van der Waals surface area contributed by atoms with Gasteiger partial charge in [0.15, 0.2) is 5.75 Å². The molecule has 152 valence electrons. The molecule has 0 spiro atoms. The zero-order chi connectivity index (χ0) is 20.1. The van der Waals surface area contributed by atoms with Crippen molar-refractivity contribution >= 4 is 37.6 Å². The molecule has 1 aromatic heterocycles. The molecule has 3 rings (SSSR count). The lowest BCUT2D eigenvalue weighted by Crippen LogP contribution is -2.31. The van der Waals surface area contributed by atoms with Crippen molar-refractivity contribution in [1.82, 2.24) is 4.72 Å². The predicted molar refractivity (Wildman–Crippen MR) is 115 cm³/mol. The minimum absolute atomic E-state index is 0.393. The molecular weight excluding hydrogens is 376 g/mol. The molecule has 1 heterocycles. The number of methoxy groups -OCH3 is 1. The Morgan fingerprint density at radius 3 is 2.50 bits per heavy atom. The second-order valence-corrected chi connectivity index (χ2v) is 9.41. The maximum Gasteiger partial charge on any atom is 0.213 e. The van der Waals surface area contributed by atoms with Gasteiger partial charge in [0.2, 0.25) is 10.0 Å². The van der Waals surface area contributed by atoms with Gasteiger partial charge in [-0.1, -0.05) is 24.6 Å². The number of anilines is 1. The Bertz CT molecular complexity index is 1040. The van der Waals surface area contributed by atoms with Gasteiger partial charge in [-0.25, -0.2) is 13.1 Å². The van der Waals surface area contributed by atoms with E-state index in [4.69, 9.17) is 9.15 Å². The number of unbranched alkanes of at least 4 members (excludes halogenated alkanes) is 2. The zero-order valence-electron chi connectivity index (χ0n) is 16.6. The number of rotatable bonds is 10. The minimum Gasteiger partial charge on any atom is -0.494 e. The number of hydrogen-bond acceptors (Lipinski definition) is 5.